The average Bonchev–Trinajstić information content (AvgIpc) is 2.35. The third kappa shape index (κ3) is 3.84. The predicted octanol–water partition coefficient (Wildman–Crippen LogP) is 2.51. The first-order chi connectivity index (χ1) is 9.36. The van der Waals surface area contributed by atoms with Crippen molar-refractivity contribution in [3.63, 3.8) is 0 Å². The second kappa shape index (κ2) is 6.74. The van der Waals surface area contributed by atoms with Crippen molar-refractivity contribution in [1.82, 2.24) is 0 Å². The van der Waals surface area contributed by atoms with E-state index in [1.165, 1.54) is 18.2 Å². The van der Waals surface area contributed by atoms with Crippen molar-refractivity contribution in [3.05, 3.63) is 28.3 Å². The molecule has 0 fully saturated rings. The molecule has 0 unspecified atom stereocenters. The SMILES string of the molecule is CCOc1cc(N[C@H](C(=O)O)C(C)C)ccc1[N+](=O)[O-]. The quantitative estimate of drug-likeness (QED) is 0.588. The Kier molecular flexibility index (Phi) is 5.31. The van der Waals surface area contributed by atoms with Crippen molar-refractivity contribution in [1.29, 1.82) is 0 Å². The lowest BCUT2D eigenvalue weighted by atomic mass is 10.0. The lowest BCUT2D eigenvalue weighted by molar-refractivity contribution is -0.385. The minimum atomic E-state index is -0.976. The van der Waals surface area contributed by atoms with Crippen molar-refractivity contribution in [2.24, 2.45) is 5.92 Å². The van der Waals surface area contributed by atoms with Crippen molar-refractivity contribution in [2.75, 3.05) is 11.9 Å². The van der Waals surface area contributed by atoms with Crippen LogP contribution in [0.5, 0.6) is 5.75 Å². The molecule has 0 spiro atoms. The van der Waals surface area contributed by atoms with E-state index < -0.39 is 16.9 Å². The van der Waals surface area contributed by atoms with Crippen LogP contribution in [0.15, 0.2) is 18.2 Å². The zero-order valence-electron chi connectivity index (χ0n) is 11.6. The summed E-state index contributed by atoms with van der Waals surface area (Å²) in [5.74, 6) is -0.982. The standard InChI is InChI=1S/C13H18N2O5/c1-4-20-11-7-9(5-6-10(11)15(18)19)14-12(8(2)3)13(16)17/h5-8,12,14H,4H2,1-3H3,(H,16,17)/t12-/m0/s1. The number of nitrogens with zero attached hydrogens (tertiary/aromatic N) is 1. The van der Waals surface area contributed by atoms with Crippen LogP contribution in [0, 0.1) is 16.0 Å². The molecule has 0 bridgehead atoms. The molecule has 7 nitrogen and oxygen atoms in total. The number of aliphatic carboxylic acids is 1. The van der Waals surface area contributed by atoms with Gasteiger partial charge in [0.05, 0.1) is 11.5 Å². The van der Waals surface area contributed by atoms with Crippen LogP contribution in [0.25, 0.3) is 0 Å². The number of ether oxygens (including phenoxy) is 1. The first-order valence-electron chi connectivity index (χ1n) is 6.27. The summed E-state index contributed by atoms with van der Waals surface area (Å²) in [6.07, 6.45) is 0. The molecule has 1 rings (SSSR count). The van der Waals surface area contributed by atoms with Gasteiger partial charge in [-0.3, -0.25) is 10.1 Å². The highest BCUT2D eigenvalue weighted by molar-refractivity contribution is 5.78. The van der Waals surface area contributed by atoms with Crippen LogP contribution in [0.2, 0.25) is 0 Å². The maximum Gasteiger partial charge on any atom is 0.326 e. The van der Waals surface area contributed by atoms with Crippen LogP contribution in [0.4, 0.5) is 11.4 Å². The first kappa shape index (κ1) is 15.7. The number of hydrogen-bond donors (Lipinski definition) is 2. The van der Waals surface area contributed by atoms with Crippen LogP contribution in [-0.4, -0.2) is 28.6 Å². The highest BCUT2D eigenvalue weighted by Crippen LogP contribution is 2.30. The van der Waals surface area contributed by atoms with Gasteiger partial charge in [-0.05, 0) is 18.9 Å². The normalized spacial score (nSPS) is 12.0. The van der Waals surface area contributed by atoms with Gasteiger partial charge < -0.3 is 15.2 Å². The molecular formula is C13H18N2O5. The molecule has 0 saturated heterocycles. The van der Waals surface area contributed by atoms with E-state index >= 15 is 0 Å². The first-order valence-corrected chi connectivity index (χ1v) is 6.27. The molecule has 110 valence electrons. The van der Waals surface area contributed by atoms with Gasteiger partial charge in [0.1, 0.15) is 6.04 Å². The van der Waals surface area contributed by atoms with Crippen molar-refractivity contribution < 1.29 is 19.6 Å². The second-order valence-corrected chi connectivity index (χ2v) is 4.58. The molecule has 1 aromatic rings. The molecule has 0 heterocycles. The smallest absolute Gasteiger partial charge is 0.326 e. The summed E-state index contributed by atoms with van der Waals surface area (Å²) in [6, 6.07) is 3.44. The maximum atomic E-state index is 11.1. The minimum Gasteiger partial charge on any atom is -0.487 e. The van der Waals surface area contributed by atoms with Gasteiger partial charge in [-0.25, -0.2) is 4.79 Å². The summed E-state index contributed by atoms with van der Waals surface area (Å²) in [7, 11) is 0. The Balaban J connectivity index is 3.05. The number of nitro benzene ring substituents is 1. The number of carboxylic acid groups (broad SMARTS) is 1. The van der Waals surface area contributed by atoms with Crippen LogP contribution in [0.1, 0.15) is 20.8 Å². The molecule has 2 N–H and O–H groups in total. The third-order valence-electron chi connectivity index (χ3n) is 2.71. The topological polar surface area (TPSA) is 102 Å². The van der Waals surface area contributed by atoms with E-state index in [2.05, 4.69) is 5.32 Å². The Morgan fingerprint density at radius 1 is 1.50 bits per heavy atom. The second-order valence-electron chi connectivity index (χ2n) is 4.58. The number of nitrogens with one attached hydrogen (secondary N) is 1. The molecule has 1 atom stereocenters. The molecule has 1 aromatic carbocycles. The van der Waals surface area contributed by atoms with E-state index in [1.807, 2.05) is 0 Å². The van der Waals surface area contributed by atoms with Gasteiger partial charge in [0.2, 0.25) is 0 Å². The molecule has 0 aromatic heterocycles. The molecule has 0 aliphatic carbocycles. The van der Waals surface area contributed by atoms with Gasteiger partial charge in [-0.1, -0.05) is 13.8 Å². The lowest BCUT2D eigenvalue weighted by Crippen LogP contribution is -2.34. The molecule has 0 saturated carbocycles. The summed E-state index contributed by atoms with van der Waals surface area (Å²) in [5.41, 5.74) is 0.328. The Morgan fingerprint density at radius 2 is 2.15 bits per heavy atom. The van der Waals surface area contributed by atoms with Gasteiger partial charge in [-0.2, -0.15) is 0 Å². The van der Waals surface area contributed by atoms with Gasteiger partial charge in [0, 0.05) is 17.8 Å². The number of carbonyl (C=O) groups is 1. The summed E-state index contributed by atoms with van der Waals surface area (Å²) in [4.78, 5) is 21.5. The Labute approximate surface area is 116 Å². The number of benzene rings is 1. The van der Waals surface area contributed by atoms with Crippen molar-refractivity contribution >= 4 is 17.3 Å². The van der Waals surface area contributed by atoms with Gasteiger partial charge in [0.25, 0.3) is 0 Å². The van der Waals surface area contributed by atoms with E-state index in [1.54, 1.807) is 20.8 Å². The fraction of sp³-hybridized carbons (Fsp3) is 0.462. The van der Waals surface area contributed by atoms with E-state index in [4.69, 9.17) is 9.84 Å². The number of anilines is 1. The van der Waals surface area contributed by atoms with Gasteiger partial charge in [-0.15, -0.1) is 0 Å². The van der Waals surface area contributed by atoms with Crippen LogP contribution in [-0.2, 0) is 4.79 Å². The largest absolute Gasteiger partial charge is 0.487 e. The Hall–Kier alpha value is -2.31. The summed E-state index contributed by atoms with van der Waals surface area (Å²) in [6.45, 7) is 5.57. The van der Waals surface area contributed by atoms with Gasteiger partial charge in [0.15, 0.2) is 5.75 Å². The van der Waals surface area contributed by atoms with Crippen LogP contribution >= 0.6 is 0 Å². The predicted molar refractivity (Wildman–Crippen MR) is 74.1 cm³/mol. The molecule has 20 heavy (non-hydrogen) atoms. The molecule has 0 amide bonds. The third-order valence-corrected chi connectivity index (χ3v) is 2.71. The van der Waals surface area contributed by atoms with E-state index in [9.17, 15) is 14.9 Å². The fourth-order valence-electron chi connectivity index (χ4n) is 1.72. The fourth-order valence-corrected chi connectivity index (χ4v) is 1.72. The molecule has 0 aliphatic heterocycles. The lowest BCUT2D eigenvalue weighted by Gasteiger charge is -2.19. The zero-order chi connectivity index (χ0) is 15.3. The number of hydrogen-bond acceptors (Lipinski definition) is 5. The van der Waals surface area contributed by atoms with Gasteiger partial charge >= 0.3 is 11.7 Å². The summed E-state index contributed by atoms with van der Waals surface area (Å²) in [5, 5.41) is 22.8. The maximum absolute atomic E-state index is 11.1. The Morgan fingerprint density at radius 3 is 2.60 bits per heavy atom. The van der Waals surface area contributed by atoms with E-state index in [0.29, 0.717) is 5.69 Å². The highest BCUT2D eigenvalue weighted by Gasteiger charge is 2.22. The molecule has 0 aliphatic rings. The number of carboxylic acids is 1. The highest BCUT2D eigenvalue weighted by atomic mass is 16.6. The molecular weight excluding hydrogens is 264 g/mol. The zero-order valence-corrected chi connectivity index (χ0v) is 11.6. The van der Waals surface area contributed by atoms with E-state index in [-0.39, 0.29) is 24.0 Å². The monoisotopic (exact) mass is 282 g/mol. The molecule has 7 heteroatoms. The molecule has 0 radical (unpaired) electrons. The van der Waals surface area contributed by atoms with Crippen molar-refractivity contribution in [2.45, 2.75) is 26.8 Å². The average molecular weight is 282 g/mol. The number of rotatable bonds is 7. The summed E-state index contributed by atoms with van der Waals surface area (Å²) >= 11 is 0. The minimum absolute atomic E-state index is 0.121. The van der Waals surface area contributed by atoms with Crippen LogP contribution < -0.4 is 10.1 Å². The number of nitro groups is 1. The Bertz CT molecular complexity index is 502. The van der Waals surface area contributed by atoms with Crippen LogP contribution in [0.3, 0.4) is 0 Å². The van der Waals surface area contributed by atoms with Crippen molar-refractivity contribution in [3.8, 4) is 5.75 Å². The summed E-state index contributed by atoms with van der Waals surface area (Å²) < 4.78 is 5.21. The van der Waals surface area contributed by atoms with E-state index in [0.717, 1.165) is 0 Å².